The second kappa shape index (κ2) is 16.8. The van der Waals surface area contributed by atoms with Gasteiger partial charge >= 0.3 is 10.5 Å². The number of halogens is 1. The van der Waals surface area contributed by atoms with E-state index >= 15 is 0 Å². The molecule has 0 aliphatic heterocycles. The van der Waals surface area contributed by atoms with Crippen LogP contribution in [0.5, 0.6) is 5.75 Å². The van der Waals surface area contributed by atoms with Crippen LogP contribution in [0.15, 0.2) is 71.7 Å². The standard InChI is InChI=1S/C20H32NP.C12H9FNO4S.Au/c1-21(2)19-15-9-10-16-20(19)22(17-11-5-3-6-12-17)18-13-7-4-8-14-18;13-19(16,17)18-11-5-3-4-10(8-11)9-14-7-2-1-6-12(14)15;/h9-10,15-18H,3-8,11-14H2,1-2H3;2-8H,9H2;/q;-1;/p+1. The van der Waals surface area contributed by atoms with Gasteiger partial charge in [-0.15, -0.1) is 12.3 Å². The molecule has 0 spiro atoms. The van der Waals surface area contributed by atoms with Crippen LogP contribution in [0.3, 0.4) is 0 Å². The van der Waals surface area contributed by atoms with Crippen LogP contribution >= 0.6 is 7.92 Å². The van der Waals surface area contributed by atoms with Crippen molar-refractivity contribution in [1.29, 1.82) is 0 Å². The molecule has 1 heterocycles. The van der Waals surface area contributed by atoms with Crippen molar-refractivity contribution < 1.29 is 38.9 Å². The first-order valence-corrected chi connectivity index (χ1v) is 17.6. The van der Waals surface area contributed by atoms with Gasteiger partial charge in [-0.3, -0.25) is 0 Å². The summed E-state index contributed by atoms with van der Waals surface area (Å²) >= 11 is 0. The quantitative estimate of drug-likeness (QED) is 0.112. The Labute approximate surface area is 267 Å². The van der Waals surface area contributed by atoms with Crippen LogP contribution in [0.2, 0.25) is 0 Å². The maximum atomic E-state index is 12.4. The third kappa shape index (κ3) is 10.3. The van der Waals surface area contributed by atoms with E-state index in [1.54, 1.807) is 23.6 Å². The number of anilines is 1. The van der Waals surface area contributed by atoms with Crippen molar-refractivity contribution in [3.63, 3.8) is 0 Å². The van der Waals surface area contributed by atoms with Gasteiger partial charge in [0, 0.05) is 50.9 Å². The Bertz CT molecular complexity index is 1410. The van der Waals surface area contributed by atoms with E-state index in [0.717, 1.165) is 11.3 Å². The molecule has 2 fully saturated rings. The summed E-state index contributed by atoms with van der Waals surface area (Å²) in [5.74, 6) is -0.143. The summed E-state index contributed by atoms with van der Waals surface area (Å²) in [5.41, 5.74) is 3.93. The second-order valence-electron chi connectivity index (χ2n) is 11.3. The summed E-state index contributed by atoms with van der Waals surface area (Å²) in [5, 5.41) is 1.75. The van der Waals surface area contributed by atoms with Crippen molar-refractivity contribution in [3.8, 4) is 5.75 Å². The van der Waals surface area contributed by atoms with Crippen LogP contribution in [-0.2, 0) is 39.4 Å². The number of para-hydroxylation sites is 1. The number of rotatable bonds is 8. The van der Waals surface area contributed by atoms with Gasteiger partial charge < -0.3 is 18.4 Å². The molecule has 0 bridgehead atoms. The normalized spacial score (nSPS) is 16.2. The fourth-order valence-corrected chi connectivity index (χ4v) is 11.1. The maximum Gasteiger partial charge on any atom is 0.488 e. The van der Waals surface area contributed by atoms with Crippen molar-refractivity contribution in [2.75, 3.05) is 19.0 Å². The number of pyridine rings is 1. The van der Waals surface area contributed by atoms with Crippen molar-refractivity contribution in [2.45, 2.75) is 82.1 Å². The molecule has 0 N–H and O–H groups in total. The van der Waals surface area contributed by atoms with E-state index in [1.807, 2.05) is 0 Å². The Hall–Kier alpha value is -1.96. The van der Waals surface area contributed by atoms with E-state index in [0.29, 0.717) is 5.56 Å². The molecule has 0 saturated heterocycles. The Morgan fingerprint density at radius 1 is 0.952 bits per heavy atom. The molecule has 42 heavy (non-hydrogen) atoms. The zero-order valence-electron chi connectivity index (χ0n) is 24.4. The van der Waals surface area contributed by atoms with Crippen LogP contribution < -0.4 is 19.9 Å². The predicted octanol–water partition coefficient (Wildman–Crippen LogP) is 6.54. The number of benzene rings is 2. The van der Waals surface area contributed by atoms with Crippen molar-refractivity contribution >= 4 is 29.4 Å². The molecule has 2 aliphatic carbocycles. The molecule has 5 rings (SSSR count). The molecular formula is C32H42AuFN2O4PS. The largest absolute Gasteiger partial charge is 0.488 e. The van der Waals surface area contributed by atoms with Gasteiger partial charge in [0.05, 0.1) is 17.0 Å². The zero-order valence-corrected chi connectivity index (χ0v) is 28.4. The molecular weight excluding hydrogens is 755 g/mol. The van der Waals surface area contributed by atoms with Gasteiger partial charge in [0.2, 0.25) is 0 Å². The van der Waals surface area contributed by atoms with Crippen LogP contribution in [-0.4, -0.2) is 38.4 Å². The minimum absolute atomic E-state index is 0. The first-order valence-electron chi connectivity index (χ1n) is 14.6. The fraction of sp³-hybridized carbons (Fsp3) is 0.469. The first-order chi connectivity index (χ1) is 19.7. The summed E-state index contributed by atoms with van der Waals surface area (Å²) < 4.78 is 38.7. The molecule has 2 saturated carbocycles. The molecule has 233 valence electrons. The van der Waals surface area contributed by atoms with Crippen molar-refractivity contribution in [1.82, 2.24) is 4.57 Å². The van der Waals surface area contributed by atoms with E-state index in [4.69, 9.17) is 0 Å². The van der Waals surface area contributed by atoms with E-state index in [1.165, 1.54) is 98.7 Å². The summed E-state index contributed by atoms with van der Waals surface area (Å²) in [6.45, 7) is 0.219. The van der Waals surface area contributed by atoms with Gasteiger partial charge in [0.15, 0.2) is 0 Å². The average Bonchev–Trinajstić information content (AvgIpc) is 2.96. The Kier molecular flexibility index (Phi) is 13.8. The number of hydrogen-bond donors (Lipinski definition) is 0. The SMILES string of the molecule is CN(C)c1ccccc1[PH+](C1CCCCC1)C1CCCCC1.O=c1c[c-]ccn1Cc1cccc(OS(=O)(=O)F)c1.[Au]. The molecule has 0 atom stereocenters. The van der Waals surface area contributed by atoms with Crippen molar-refractivity contribution in [3.05, 3.63) is 88.8 Å². The van der Waals surface area contributed by atoms with Crippen LogP contribution in [0.4, 0.5) is 9.57 Å². The van der Waals surface area contributed by atoms with E-state index < -0.39 is 18.4 Å². The Morgan fingerprint density at radius 3 is 2.14 bits per heavy atom. The summed E-state index contributed by atoms with van der Waals surface area (Å²) in [7, 11) is -1.04. The third-order valence-electron chi connectivity index (χ3n) is 8.07. The van der Waals surface area contributed by atoms with E-state index in [-0.39, 0.29) is 40.2 Å². The minimum Gasteiger partial charge on any atom is -0.417 e. The van der Waals surface area contributed by atoms with Gasteiger partial charge in [-0.25, -0.2) is 0 Å². The minimum atomic E-state index is -5.05. The molecule has 6 nitrogen and oxygen atoms in total. The van der Waals surface area contributed by atoms with E-state index in [2.05, 4.69) is 53.5 Å². The van der Waals surface area contributed by atoms with E-state index in [9.17, 15) is 17.1 Å². The van der Waals surface area contributed by atoms with Crippen molar-refractivity contribution in [2.24, 2.45) is 0 Å². The zero-order chi connectivity index (χ0) is 29.2. The van der Waals surface area contributed by atoms with Crippen LogP contribution in [0.1, 0.15) is 69.8 Å². The smallest absolute Gasteiger partial charge is 0.417 e. The topological polar surface area (TPSA) is 68.6 Å². The fourth-order valence-electron chi connectivity index (χ4n) is 6.25. The summed E-state index contributed by atoms with van der Waals surface area (Å²) in [4.78, 5) is 13.8. The predicted molar refractivity (Wildman–Crippen MR) is 168 cm³/mol. The van der Waals surface area contributed by atoms with Gasteiger partial charge in [-0.05, 0) is 81.2 Å². The number of aromatic nitrogens is 1. The average molecular weight is 798 g/mol. The first kappa shape index (κ1) is 34.5. The Balaban J connectivity index is 0.000000228. The number of hydrogen-bond acceptors (Lipinski definition) is 5. The molecule has 0 unspecified atom stereocenters. The molecule has 10 heteroatoms. The maximum absolute atomic E-state index is 12.4. The summed E-state index contributed by atoms with van der Waals surface area (Å²) in [6, 6.07) is 20.7. The Morgan fingerprint density at radius 2 is 1.57 bits per heavy atom. The molecule has 0 amide bonds. The van der Waals surface area contributed by atoms with Crippen LogP contribution in [0, 0.1) is 6.07 Å². The molecule has 2 aromatic carbocycles. The van der Waals surface area contributed by atoms with Gasteiger partial charge in [-0.1, -0.05) is 41.0 Å². The van der Waals surface area contributed by atoms with Gasteiger partial charge in [0.1, 0.15) is 16.6 Å². The van der Waals surface area contributed by atoms with Gasteiger partial charge in [0.25, 0.3) is 0 Å². The third-order valence-corrected chi connectivity index (χ3v) is 12.4. The number of nitrogens with zero attached hydrogens (tertiary/aromatic N) is 2. The second-order valence-corrected chi connectivity index (χ2v) is 15.3. The van der Waals surface area contributed by atoms with Crippen LogP contribution in [0.25, 0.3) is 0 Å². The summed E-state index contributed by atoms with van der Waals surface area (Å²) in [6.07, 6.45) is 16.5. The molecule has 1 aromatic heterocycles. The molecule has 3 aromatic rings. The van der Waals surface area contributed by atoms with Gasteiger partial charge in [-0.2, -0.15) is 20.6 Å². The molecule has 2 aliphatic rings. The molecule has 1 radical (unpaired) electrons. The monoisotopic (exact) mass is 797 g/mol.